The third kappa shape index (κ3) is 3.99. The fourth-order valence-electron chi connectivity index (χ4n) is 3.55. The summed E-state index contributed by atoms with van der Waals surface area (Å²) in [5, 5.41) is 9.84. The van der Waals surface area contributed by atoms with Crippen LogP contribution in [0.15, 0.2) is 40.8 Å². The van der Waals surface area contributed by atoms with Gasteiger partial charge in [-0.15, -0.1) is 0 Å². The molecule has 0 radical (unpaired) electrons. The van der Waals surface area contributed by atoms with Gasteiger partial charge in [0.1, 0.15) is 11.6 Å². The lowest BCUT2D eigenvalue weighted by atomic mass is 10.1. The predicted octanol–water partition coefficient (Wildman–Crippen LogP) is 4.17. The minimum atomic E-state index is -0.251. The summed E-state index contributed by atoms with van der Waals surface area (Å²) in [6.45, 7) is 6.16. The van der Waals surface area contributed by atoms with Crippen molar-refractivity contribution in [2.75, 3.05) is 18.4 Å². The first-order valence-corrected chi connectivity index (χ1v) is 9.75. The average Bonchev–Trinajstić information content (AvgIpc) is 3.38. The highest BCUT2D eigenvalue weighted by Crippen LogP contribution is 2.26. The van der Waals surface area contributed by atoms with Crippen LogP contribution in [0.4, 0.5) is 5.69 Å². The average molecular weight is 379 g/mol. The molecule has 1 aromatic carbocycles. The highest BCUT2D eigenvalue weighted by molar-refractivity contribution is 6.02. The Morgan fingerprint density at radius 1 is 1.14 bits per heavy atom. The molecule has 1 saturated heterocycles. The molecular weight excluding hydrogens is 354 g/mol. The van der Waals surface area contributed by atoms with Gasteiger partial charge in [-0.25, -0.2) is 4.98 Å². The Labute approximate surface area is 164 Å². The molecule has 7 nitrogen and oxygen atoms in total. The number of nitrogens with one attached hydrogen (secondary N) is 2. The summed E-state index contributed by atoms with van der Waals surface area (Å²) in [5.41, 5.74) is 1.58. The number of aryl methyl sites for hydroxylation is 1. The van der Waals surface area contributed by atoms with Gasteiger partial charge in [0.15, 0.2) is 11.6 Å². The summed E-state index contributed by atoms with van der Waals surface area (Å²) in [5.74, 6) is 2.31. The summed E-state index contributed by atoms with van der Waals surface area (Å²) >= 11 is 0. The van der Waals surface area contributed by atoms with Gasteiger partial charge in [0, 0.05) is 11.3 Å². The van der Waals surface area contributed by atoms with E-state index in [1.54, 1.807) is 6.07 Å². The predicted molar refractivity (Wildman–Crippen MR) is 107 cm³/mol. The molecule has 0 bridgehead atoms. The molecule has 0 aliphatic carbocycles. The van der Waals surface area contributed by atoms with E-state index in [2.05, 4.69) is 32.3 Å². The maximum atomic E-state index is 12.5. The van der Waals surface area contributed by atoms with E-state index in [-0.39, 0.29) is 11.9 Å². The van der Waals surface area contributed by atoms with Crippen molar-refractivity contribution in [2.24, 2.45) is 0 Å². The monoisotopic (exact) mass is 379 g/mol. The fraction of sp³-hybridized carbons (Fsp3) is 0.381. The quantitative estimate of drug-likeness (QED) is 0.695. The van der Waals surface area contributed by atoms with E-state index in [1.165, 1.54) is 19.3 Å². The van der Waals surface area contributed by atoms with Gasteiger partial charge in [-0.3, -0.25) is 14.8 Å². The number of aromatic amines is 1. The second kappa shape index (κ2) is 7.98. The SMILES string of the molecule is Cc1nc(-c2ccc(NC(=O)c3ccc(C(C)N4CCCCC4)o3)cc2)n[nH]1. The molecular formula is C21H25N5O2. The first-order chi connectivity index (χ1) is 13.6. The van der Waals surface area contributed by atoms with Crippen LogP contribution in [0.3, 0.4) is 0 Å². The lowest BCUT2D eigenvalue weighted by molar-refractivity contribution is 0.0987. The van der Waals surface area contributed by atoms with Crippen LogP contribution in [-0.2, 0) is 0 Å². The molecule has 0 spiro atoms. The zero-order valence-electron chi connectivity index (χ0n) is 16.2. The number of benzene rings is 1. The number of likely N-dealkylation sites (tertiary alicyclic amines) is 1. The molecule has 2 aromatic heterocycles. The molecule has 28 heavy (non-hydrogen) atoms. The molecule has 2 N–H and O–H groups in total. The Bertz CT molecular complexity index is 938. The highest BCUT2D eigenvalue weighted by Gasteiger charge is 2.22. The van der Waals surface area contributed by atoms with Crippen LogP contribution in [0.2, 0.25) is 0 Å². The number of carbonyl (C=O) groups is 1. The number of aromatic nitrogens is 3. The van der Waals surface area contributed by atoms with Gasteiger partial charge < -0.3 is 9.73 Å². The summed E-state index contributed by atoms with van der Waals surface area (Å²) in [4.78, 5) is 19.3. The molecule has 1 atom stereocenters. The van der Waals surface area contributed by atoms with E-state index >= 15 is 0 Å². The van der Waals surface area contributed by atoms with Crippen LogP contribution in [0.25, 0.3) is 11.4 Å². The summed E-state index contributed by atoms with van der Waals surface area (Å²) in [7, 11) is 0. The molecule has 7 heteroatoms. The number of amides is 1. The standard InChI is InChI=1S/C21H25N5O2/c1-14(26-12-4-3-5-13-26)18-10-11-19(28-18)21(27)23-17-8-6-16(7-9-17)20-22-15(2)24-25-20/h6-11,14H,3-5,12-13H2,1-2H3,(H,23,27)(H,22,24,25). The molecule has 1 unspecified atom stereocenters. The number of hydrogen-bond acceptors (Lipinski definition) is 5. The minimum Gasteiger partial charge on any atom is -0.454 e. The van der Waals surface area contributed by atoms with E-state index in [0.717, 1.165) is 30.2 Å². The van der Waals surface area contributed by atoms with Crippen LogP contribution in [0, 0.1) is 6.92 Å². The number of hydrogen-bond donors (Lipinski definition) is 2. The Morgan fingerprint density at radius 3 is 2.57 bits per heavy atom. The largest absolute Gasteiger partial charge is 0.454 e. The number of furan rings is 1. The second-order valence-corrected chi connectivity index (χ2v) is 7.25. The molecule has 146 valence electrons. The number of anilines is 1. The Balaban J connectivity index is 1.40. The number of nitrogens with zero attached hydrogens (tertiary/aromatic N) is 3. The molecule has 1 aliphatic rings. The molecule has 1 fully saturated rings. The summed E-state index contributed by atoms with van der Waals surface area (Å²) in [6, 6.07) is 11.3. The van der Waals surface area contributed by atoms with Gasteiger partial charge in [-0.05, 0) is 76.2 Å². The Hall–Kier alpha value is -2.93. The minimum absolute atomic E-state index is 0.186. The van der Waals surface area contributed by atoms with Crippen LogP contribution in [0.5, 0.6) is 0 Å². The number of H-pyrrole nitrogens is 1. The molecule has 1 amide bonds. The van der Waals surface area contributed by atoms with Crippen LogP contribution >= 0.6 is 0 Å². The fourth-order valence-corrected chi connectivity index (χ4v) is 3.55. The Kier molecular flexibility index (Phi) is 5.25. The first kappa shape index (κ1) is 18.4. The number of carbonyl (C=O) groups excluding carboxylic acids is 1. The van der Waals surface area contributed by atoms with Gasteiger partial charge in [-0.2, -0.15) is 5.10 Å². The van der Waals surface area contributed by atoms with Crippen molar-refractivity contribution >= 4 is 11.6 Å². The van der Waals surface area contributed by atoms with Crippen LogP contribution in [0.1, 0.15) is 54.4 Å². The van der Waals surface area contributed by atoms with Crippen molar-refractivity contribution in [1.29, 1.82) is 0 Å². The van der Waals surface area contributed by atoms with Gasteiger partial charge in [-0.1, -0.05) is 6.42 Å². The maximum absolute atomic E-state index is 12.5. The third-order valence-corrected chi connectivity index (χ3v) is 5.20. The van der Waals surface area contributed by atoms with E-state index in [0.29, 0.717) is 17.3 Å². The van der Waals surface area contributed by atoms with Gasteiger partial charge in [0.2, 0.25) is 0 Å². The molecule has 0 saturated carbocycles. The normalized spacial score (nSPS) is 16.1. The molecule has 3 aromatic rings. The topological polar surface area (TPSA) is 87.1 Å². The van der Waals surface area contributed by atoms with Crippen molar-refractivity contribution in [3.05, 3.63) is 53.7 Å². The molecule has 3 heterocycles. The highest BCUT2D eigenvalue weighted by atomic mass is 16.4. The van der Waals surface area contributed by atoms with Crippen molar-refractivity contribution in [3.8, 4) is 11.4 Å². The van der Waals surface area contributed by atoms with E-state index < -0.39 is 0 Å². The van der Waals surface area contributed by atoms with Gasteiger partial charge in [0.05, 0.1) is 6.04 Å². The maximum Gasteiger partial charge on any atom is 0.291 e. The van der Waals surface area contributed by atoms with E-state index in [4.69, 9.17) is 4.42 Å². The van der Waals surface area contributed by atoms with E-state index in [1.807, 2.05) is 37.3 Å². The van der Waals surface area contributed by atoms with Gasteiger partial charge >= 0.3 is 0 Å². The Morgan fingerprint density at radius 2 is 1.89 bits per heavy atom. The lowest BCUT2D eigenvalue weighted by Crippen LogP contribution is -2.32. The zero-order chi connectivity index (χ0) is 19.5. The first-order valence-electron chi connectivity index (χ1n) is 9.75. The molecule has 1 aliphatic heterocycles. The van der Waals surface area contributed by atoms with Crippen molar-refractivity contribution in [1.82, 2.24) is 20.1 Å². The zero-order valence-corrected chi connectivity index (χ0v) is 16.2. The second-order valence-electron chi connectivity index (χ2n) is 7.25. The number of rotatable bonds is 5. The smallest absolute Gasteiger partial charge is 0.291 e. The lowest BCUT2D eigenvalue weighted by Gasteiger charge is -2.31. The molecule has 4 rings (SSSR count). The van der Waals surface area contributed by atoms with Crippen LogP contribution in [-0.4, -0.2) is 39.1 Å². The summed E-state index contributed by atoms with van der Waals surface area (Å²) in [6.07, 6.45) is 3.74. The van der Waals surface area contributed by atoms with Crippen molar-refractivity contribution in [2.45, 2.75) is 39.2 Å². The van der Waals surface area contributed by atoms with E-state index in [9.17, 15) is 4.79 Å². The van der Waals surface area contributed by atoms with Gasteiger partial charge in [0.25, 0.3) is 5.91 Å². The summed E-state index contributed by atoms with van der Waals surface area (Å²) < 4.78 is 5.85. The third-order valence-electron chi connectivity index (χ3n) is 5.20. The number of piperidine rings is 1. The van der Waals surface area contributed by atoms with Crippen molar-refractivity contribution in [3.63, 3.8) is 0 Å². The van der Waals surface area contributed by atoms with Crippen LogP contribution < -0.4 is 5.32 Å². The van der Waals surface area contributed by atoms with Crippen molar-refractivity contribution < 1.29 is 9.21 Å².